The second kappa shape index (κ2) is 10.6. The first-order valence-electron chi connectivity index (χ1n) is 8.42. The lowest BCUT2D eigenvalue weighted by molar-refractivity contribution is -0.126. The van der Waals surface area contributed by atoms with E-state index in [9.17, 15) is 13.9 Å². The summed E-state index contributed by atoms with van der Waals surface area (Å²) in [5, 5.41) is 2.88. The third kappa shape index (κ3) is 11.0. The van der Waals surface area contributed by atoms with E-state index >= 15 is 0 Å². The van der Waals surface area contributed by atoms with Crippen molar-refractivity contribution in [1.82, 2.24) is 5.32 Å². The van der Waals surface area contributed by atoms with Gasteiger partial charge in [0.05, 0.1) is 13.2 Å². The molecule has 3 N–H and O–H groups in total. The van der Waals surface area contributed by atoms with E-state index in [4.69, 9.17) is 18.8 Å². The quantitative estimate of drug-likeness (QED) is 0.278. The molecule has 0 aromatic carbocycles. The fraction of sp³-hybridized carbons (Fsp3) is 0.800. The van der Waals surface area contributed by atoms with Crippen LogP contribution in [0.5, 0.6) is 0 Å². The minimum Gasteiger partial charge on any atom is -0.356 e. The Bertz CT molecular complexity index is 540. The van der Waals surface area contributed by atoms with Crippen LogP contribution in [0, 0.1) is 11.8 Å². The first-order chi connectivity index (χ1) is 11.6. The Labute approximate surface area is 149 Å². The van der Waals surface area contributed by atoms with Crippen LogP contribution in [-0.2, 0) is 23.0 Å². The third-order valence-corrected chi connectivity index (χ3v) is 5.19. The summed E-state index contributed by atoms with van der Waals surface area (Å²) in [7, 11) is -6.92. The van der Waals surface area contributed by atoms with Crippen molar-refractivity contribution in [2.24, 2.45) is 11.8 Å². The zero-order valence-corrected chi connectivity index (χ0v) is 16.6. The van der Waals surface area contributed by atoms with Gasteiger partial charge in [-0.3, -0.25) is 13.9 Å². The minimum absolute atomic E-state index is 0.0102. The van der Waals surface area contributed by atoms with Crippen LogP contribution in [-0.4, -0.2) is 48.8 Å². The van der Waals surface area contributed by atoms with E-state index < -0.39 is 15.2 Å². The number of hydrogen-bond donors (Lipinski definition) is 3. The first kappa shape index (κ1) is 22.6. The van der Waals surface area contributed by atoms with E-state index in [1.165, 1.54) is 0 Å². The maximum absolute atomic E-state index is 12.4. The zero-order chi connectivity index (χ0) is 18.9. The van der Waals surface area contributed by atoms with E-state index in [1.54, 1.807) is 0 Å². The second-order valence-corrected chi connectivity index (χ2v) is 10.1. The van der Waals surface area contributed by atoms with Gasteiger partial charge in [0.25, 0.3) is 0 Å². The first-order valence-corrected chi connectivity index (χ1v) is 12.5. The van der Waals surface area contributed by atoms with Crippen LogP contribution in [0.2, 0.25) is 0 Å². The molecule has 146 valence electrons. The molecule has 0 fully saturated rings. The molecule has 0 radical (unpaired) electrons. The van der Waals surface area contributed by atoms with E-state index in [0.717, 1.165) is 26.2 Å². The standard InChI is InChI=1S/C15H29NO7P2/c1-24(18,19)22-11-6-5-10-16-15(17)14-8-4-3-7-13(14)9-12-23-25(2,20)21/h3,7,13-14H,4-6,8-12H2,1-2H3,(H,16,17)(H,18,19)(H,20,21). The predicted molar refractivity (Wildman–Crippen MR) is 95.6 cm³/mol. The van der Waals surface area contributed by atoms with Crippen LogP contribution in [0.25, 0.3) is 0 Å². The normalized spacial score (nSPS) is 25.1. The Morgan fingerprint density at radius 2 is 1.80 bits per heavy atom. The van der Waals surface area contributed by atoms with Crippen LogP contribution in [0.4, 0.5) is 0 Å². The second-order valence-electron chi connectivity index (χ2n) is 6.34. The Kier molecular flexibility index (Phi) is 9.57. The number of unbranched alkanes of at least 4 members (excludes halogenated alkanes) is 1. The molecule has 1 aliphatic carbocycles. The lowest BCUT2D eigenvalue weighted by atomic mass is 9.81. The molecular formula is C15H29NO7P2. The topological polar surface area (TPSA) is 122 Å². The Morgan fingerprint density at radius 1 is 1.16 bits per heavy atom. The molecule has 4 unspecified atom stereocenters. The minimum atomic E-state index is -3.49. The van der Waals surface area contributed by atoms with Crippen LogP contribution < -0.4 is 5.32 Å². The molecule has 1 amide bonds. The van der Waals surface area contributed by atoms with E-state index in [2.05, 4.69) is 5.32 Å². The molecule has 4 atom stereocenters. The molecule has 0 saturated carbocycles. The van der Waals surface area contributed by atoms with Crippen molar-refractivity contribution in [2.45, 2.75) is 32.1 Å². The number of carbonyl (C=O) groups excluding carboxylic acids is 1. The summed E-state index contributed by atoms with van der Waals surface area (Å²) in [5.41, 5.74) is 0. The Balaban J connectivity index is 2.30. The summed E-state index contributed by atoms with van der Waals surface area (Å²) in [6, 6.07) is 0. The fourth-order valence-corrected chi connectivity index (χ4v) is 3.59. The van der Waals surface area contributed by atoms with Crippen molar-refractivity contribution in [3.63, 3.8) is 0 Å². The number of rotatable bonds is 11. The van der Waals surface area contributed by atoms with Crippen molar-refractivity contribution in [2.75, 3.05) is 33.1 Å². The molecule has 0 spiro atoms. The summed E-state index contributed by atoms with van der Waals surface area (Å²) in [4.78, 5) is 30.5. The number of hydrogen-bond acceptors (Lipinski definition) is 5. The lowest BCUT2D eigenvalue weighted by Gasteiger charge is -2.27. The van der Waals surface area contributed by atoms with Crippen molar-refractivity contribution in [1.29, 1.82) is 0 Å². The van der Waals surface area contributed by atoms with Gasteiger partial charge in [0.15, 0.2) is 0 Å². The van der Waals surface area contributed by atoms with Crippen molar-refractivity contribution in [3.05, 3.63) is 12.2 Å². The molecule has 0 aliphatic heterocycles. The van der Waals surface area contributed by atoms with Gasteiger partial charge in [0, 0.05) is 25.8 Å². The highest BCUT2D eigenvalue weighted by molar-refractivity contribution is 7.52. The third-order valence-electron chi connectivity index (χ3n) is 3.86. The highest BCUT2D eigenvalue weighted by atomic mass is 31.2. The zero-order valence-electron chi connectivity index (χ0n) is 14.8. The smallest absolute Gasteiger partial charge is 0.325 e. The van der Waals surface area contributed by atoms with Gasteiger partial charge in [-0.2, -0.15) is 0 Å². The van der Waals surface area contributed by atoms with Gasteiger partial charge in [-0.25, -0.2) is 0 Å². The number of allylic oxidation sites excluding steroid dienone is 2. The summed E-state index contributed by atoms with van der Waals surface area (Å²) < 4.78 is 31.8. The van der Waals surface area contributed by atoms with Gasteiger partial charge < -0.3 is 24.2 Å². The van der Waals surface area contributed by atoms with E-state index in [-0.39, 0.29) is 31.0 Å². The molecule has 0 saturated heterocycles. The number of carbonyl (C=O) groups is 1. The molecule has 10 heteroatoms. The van der Waals surface area contributed by atoms with Crippen LogP contribution in [0.3, 0.4) is 0 Å². The number of amides is 1. The molecule has 1 rings (SSSR count). The van der Waals surface area contributed by atoms with Crippen molar-refractivity contribution in [3.8, 4) is 0 Å². The van der Waals surface area contributed by atoms with Crippen LogP contribution >= 0.6 is 15.2 Å². The average Bonchev–Trinajstić information content (AvgIpc) is 2.48. The van der Waals surface area contributed by atoms with Crippen molar-refractivity contribution < 1.29 is 32.8 Å². The van der Waals surface area contributed by atoms with E-state index in [1.807, 2.05) is 12.2 Å². The van der Waals surface area contributed by atoms with Crippen LogP contribution in [0.1, 0.15) is 32.1 Å². The van der Waals surface area contributed by atoms with Gasteiger partial charge in [-0.15, -0.1) is 0 Å². The van der Waals surface area contributed by atoms with Crippen molar-refractivity contribution >= 4 is 21.1 Å². The van der Waals surface area contributed by atoms with Gasteiger partial charge in [0.1, 0.15) is 0 Å². The maximum Gasteiger partial charge on any atom is 0.325 e. The summed E-state index contributed by atoms with van der Waals surface area (Å²) in [6.45, 7) is 3.09. The lowest BCUT2D eigenvalue weighted by Crippen LogP contribution is -2.36. The highest BCUT2D eigenvalue weighted by Crippen LogP contribution is 2.38. The van der Waals surface area contributed by atoms with Crippen LogP contribution in [0.15, 0.2) is 12.2 Å². The largest absolute Gasteiger partial charge is 0.356 e. The molecule has 0 bridgehead atoms. The monoisotopic (exact) mass is 397 g/mol. The Morgan fingerprint density at radius 3 is 2.44 bits per heavy atom. The van der Waals surface area contributed by atoms with E-state index in [0.29, 0.717) is 25.8 Å². The fourth-order valence-electron chi connectivity index (χ4n) is 2.68. The van der Waals surface area contributed by atoms with Gasteiger partial charge in [0.2, 0.25) is 5.91 Å². The summed E-state index contributed by atoms with van der Waals surface area (Å²) >= 11 is 0. The molecule has 0 heterocycles. The molecule has 0 aromatic rings. The molecule has 0 aromatic heterocycles. The molecule has 8 nitrogen and oxygen atoms in total. The Hall–Kier alpha value is -0.490. The van der Waals surface area contributed by atoms with Gasteiger partial charge in [-0.1, -0.05) is 12.2 Å². The number of nitrogens with one attached hydrogen (secondary N) is 1. The van der Waals surface area contributed by atoms with Gasteiger partial charge in [-0.05, 0) is 38.0 Å². The molecular weight excluding hydrogens is 368 g/mol. The van der Waals surface area contributed by atoms with Gasteiger partial charge >= 0.3 is 15.2 Å². The molecule has 1 aliphatic rings. The summed E-state index contributed by atoms with van der Waals surface area (Å²) in [5.74, 6) is -0.223. The maximum atomic E-state index is 12.4. The molecule has 25 heavy (non-hydrogen) atoms. The highest BCUT2D eigenvalue weighted by Gasteiger charge is 2.28. The SMILES string of the molecule is CP(=O)(O)OCCCCNC(=O)C1CCC=CC1CCOP(C)(=O)O. The summed E-state index contributed by atoms with van der Waals surface area (Å²) in [6.07, 6.45) is 7.33. The predicted octanol–water partition coefficient (Wildman–Crippen LogP) is 2.52. The average molecular weight is 397 g/mol.